The smallest absolute Gasteiger partial charge is 0.222 e. The van der Waals surface area contributed by atoms with Gasteiger partial charge < -0.3 is 15.3 Å². The van der Waals surface area contributed by atoms with Gasteiger partial charge in [0.2, 0.25) is 5.91 Å². The second kappa shape index (κ2) is 7.63. The van der Waals surface area contributed by atoms with Crippen LogP contribution in [0.1, 0.15) is 38.5 Å². The molecule has 1 saturated heterocycles. The minimum Gasteiger partial charge on any atom is -0.396 e. The van der Waals surface area contributed by atoms with Gasteiger partial charge in [-0.05, 0) is 45.7 Å². The molecule has 16 heavy (non-hydrogen) atoms. The van der Waals surface area contributed by atoms with Crippen LogP contribution in [0.5, 0.6) is 0 Å². The highest BCUT2D eigenvalue weighted by molar-refractivity contribution is 5.76. The van der Waals surface area contributed by atoms with Crippen LogP contribution in [0.4, 0.5) is 0 Å². The van der Waals surface area contributed by atoms with Gasteiger partial charge in [-0.3, -0.25) is 4.79 Å². The van der Waals surface area contributed by atoms with Crippen molar-refractivity contribution in [1.82, 2.24) is 10.2 Å². The third-order valence-electron chi connectivity index (χ3n) is 3.23. The summed E-state index contributed by atoms with van der Waals surface area (Å²) in [5.74, 6) is 0.258. The molecule has 2 N–H and O–H groups in total. The number of hydrogen-bond donors (Lipinski definition) is 2. The molecule has 1 rings (SSSR count). The van der Waals surface area contributed by atoms with Crippen LogP contribution in [-0.2, 0) is 4.79 Å². The van der Waals surface area contributed by atoms with Crippen LogP contribution in [-0.4, -0.2) is 48.7 Å². The molecule has 0 aliphatic carbocycles. The zero-order valence-corrected chi connectivity index (χ0v) is 10.2. The molecule has 4 nitrogen and oxygen atoms in total. The number of nitrogens with zero attached hydrogens (tertiary/aromatic N) is 1. The Morgan fingerprint density at radius 2 is 2.31 bits per heavy atom. The molecule has 0 radical (unpaired) electrons. The van der Waals surface area contributed by atoms with Crippen molar-refractivity contribution in [2.24, 2.45) is 0 Å². The first-order valence-electron chi connectivity index (χ1n) is 6.34. The topological polar surface area (TPSA) is 52.6 Å². The Kier molecular flexibility index (Phi) is 6.42. The Bertz CT molecular complexity index is 207. The fourth-order valence-electron chi connectivity index (χ4n) is 2.34. The summed E-state index contributed by atoms with van der Waals surface area (Å²) in [7, 11) is 1.90. The number of hydrogen-bond acceptors (Lipinski definition) is 3. The summed E-state index contributed by atoms with van der Waals surface area (Å²) in [6.45, 7) is 1.96. The number of aliphatic hydroxyl groups excluding tert-OH is 1. The fraction of sp³-hybridized carbons (Fsp3) is 0.917. The van der Waals surface area contributed by atoms with E-state index in [0.717, 1.165) is 38.8 Å². The third kappa shape index (κ3) is 4.10. The van der Waals surface area contributed by atoms with Crippen LogP contribution in [0.15, 0.2) is 0 Å². The quantitative estimate of drug-likeness (QED) is 0.660. The van der Waals surface area contributed by atoms with Crippen molar-refractivity contribution in [3.05, 3.63) is 0 Å². The molecule has 0 aromatic carbocycles. The van der Waals surface area contributed by atoms with Gasteiger partial charge >= 0.3 is 0 Å². The Balaban J connectivity index is 2.37. The molecular formula is C12H24N2O2. The number of rotatable bonds is 6. The van der Waals surface area contributed by atoms with Gasteiger partial charge in [0.15, 0.2) is 0 Å². The van der Waals surface area contributed by atoms with Gasteiger partial charge in [-0.25, -0.2) is 0 Å². The lowest BCUT2D eigenvalue weighted by atomic mass is 9.99. The van der Waals surface area contributed by atoms with E-state index >= 15 is 0 Å². The monoisotopic (exact) mass is 228 g/mol. The van der Waals surface area contributed by atoms with Crippen molar-refractivity contribution in [2.45, 2.75) is 44.6 Å². The Morgan fingerprint density at radius 3 is 3.00 bits per heavy atom. The normalized spacial score (nSPS) is 21.1. The van der Waals surface area contributed by atoms with Crippen LogP contribution in [0.25, 0.3) is 0 Å². The number of nitrogens with one attached hydrogen (secondary N) is 1. The van der Waals surface area contributed by atoms with Gasteiger partial charge in [-0.2, -0.15) is 0 Å². The van der Waals surface area contributed by atoms with Crippen LogP contribution >= 0.6 is 0 Å². The SMILES string of the molecule is CNCCCC(=O)N1CCCCC1CCO. The molecule has 0 bridgehead atoms. The van der Waals surface area contributed by atoms with E-state index in [2.05, 4.69) is 5.32 Å². The zero-order valence-electron chi connectivity index (χ0n) is 10.2. The molecular weight excluding hydrogens is 204 g/mol. The van der Waals surface area contributed by atoms with Gasteiger partial charge in [-0.1, -0.05) is 0 Å². The first-order chi connectivity index (χ1) is 7.79. The number of amides is 1. The van der Waals surface area contributed by atoms with Crippen molar-refractivity contribution in [2.75, 3.05) is 26.7 Å². The van der Waals surface area contributed by atoms with E-state index in [1.807, 2.05) is 11.9 Å². The standard InChI is InChI=1S/C12H24N2O2/c1-13-8-4-6-12(16)14-9-3-2-5-11(14)7-10-15/h11,13,15H,2-10H2,1H3. The first kappa shape index (κ1) is 13.5. The maximum atomic E-state index is 12.0. The van der Waals surface area contributed by atoms with Crippen molar-refractivity contribution in [1.29, 1.82) is 0 Å². The highest BCUT2D eigenvalue weighted by Crippen LogP contribution is 2.20. The predicted molar refractivity (Wildman–Crippen MR) is 64.2 cm³/mol. The lowest BCUT2D eigenvalue weighted by Crippen LogP contribution is -2.44. The maximum Gasteiger partial charge on any atom is 0.222 e. The number of carbonyl (C=O) groups is 1. The molecule has 1 atom stereocenters. The van der Waals surface area contributed by atoms with Gasteiger partial charge in [0, 0.05) is 25.6 Å². The maximum absolute atomic E-state index is 12.0. The summed E-state index contributed by atoms with van der Waals surface area (Å²) >= 11 is 0. The molecule has 1 aliphatic heterocycles. The first-order valence-corrected chi connectivity index (χ1v) is 6.34. The molecule has 0 saturated carbocycles. The number of carbonyl (C=O) groups excluding carboxylic acids is 1. The molecule has 0 aromatic heterocycles. The van der Waals surface area contributed by atoms with Gasteiger partial charge in [0.25, 0.3) is 0 Å². The highest BCUT2D eigenvalue weighted by atomic mass is 16.3. The van der Waals surface area contributed by atoms with E-state index in [1.165, 1.54) is 6.42 Å². The van der Waals surface area contributed by atoms with E-state index in [0.29, 0.717) is 6.42 Å². The molecule has 4 heteroatoms. The number of likely N-dealkylation sites (tertiary alicyclic amines) is 1. The van der Waals surface area contributed by atoms with Gasteiger partial charge in [-0.15, -0.1) is 0 Å². The zero-order chi connectivity index (χ0) is 11.8. The predicted octanol–water partition coefficient (Wildman–Crippen LogP) is 0.749. The van der Waals surface area contributed by atoms with E-state index in [4.69, 9.17) is 5.11 Å². The van der Waals surface area contributed by atoms with E-state index in [9.17, 15) is 4.79 Å². The van der Waals surface area contributed by atoms with E-state index in [-0.39, 0.29) is 18.6 Å². The Morgan fingerprint density at radius 1 is 1.50 bits per heavy atom. The summed E-state index contributed by atoms with van der Waals surface area (Å²) in [6, 6.07) is 0.279. The largest absolute Gasteiger partial charge is 0.396 e. The van der Waals surface area contributed by atoms with Crippen molar-refractivity contribution in [3.8, 4) is 0 Å². The van der Waals surface area contributed by atoms with Gasteiger partial charge in [0.05, 0.1) is 0 Å². The number of piperidine rings is 1. The lowest BCUT2D eigenvalue weighted by molar-refractivity contribution is -0.135. The second-order valence-electron chi connectivity index (χ2n) is 4.46. The molecule has 0 aromatic rings. The fourth-order valence-corrected chi connectivity index (χ4v) is 2.34. The van der Waals surface area contributed by atoms with Crippen molar-refractivity contribution in [3.63, 3.8) is 0 Å². The Labute approximate surface area is 98.0 Å². The third-order valence-corrected chi connectivity index (χ3v) is 3.23. The van der Waals surface area contributed by atoms with E-state index in [1.54, 1.807) is 0 Å². The number of aliphatic hydroxyl groups is 1. The average molecular weight is 228 g/mol. The van der Waals surface area contributed by atoms with Crippen LogP contribution in [0.2, 0.25) is 0 Å². The summed E-state index contributed by atoms with van der Waals surface area (Å²) in [5.41, 5.74) is 0. The molecule has 1 amide bonds. The minimum absolute atomic E-state index is 0.185. The molecule has 94 valence electrons. The van der Waals surface area contributed by atoms with E-state index < -0.39 is 0 Å². The molecule has 1 unspecified atom stereocenters. The van der Waals surface area contributed by atoms with Crippen LogP contribution in [0, 0.1) is 0 Å². The molecule has 1 heterocycles. The van der Waals surface area contributed by atoms with Gasteiger partial charge in [0.1, 0.15) is 0 Å². The minimum atomic E-state index is 0.185. The average Bonchev–Trinajstić information content (AvgIpc) is 2.30. The van der Waals surface area contributed by atoms with Crippen molar-refractivity contribution < 1.29 is 9.90 Å². The molecule has 1 aliphatic rings. The van der Waals surface area contributed by atoms with Crippen LogP contribution in [0.3, 0.4) is 0 Å². The lowest BCUT2D eigenvalue weighted by Gasteiger charge is -2.35. The highest BCUT2D eigenvalue weighted by Gasteiger charge is 2.25. The summed E-state index contributed by atoms with van der Waals surface area (Å²) < 4.78 is 0. The summed E-state index contributed by atoms with van der Waals surface area (Å²) in [4.78, 5) is 14.0. The summed E-state index contributed by atoms with van der Waals surface area (Å²) in [5, 5.41) is 12.0. The molecule has 0 spiro atoms. The second-order valence-corrected chi connectivity index (χ2v) is 4.46. The Hall–Kier alpha value is -0.610. The van der Waals surface area contributed by atoms with Crippen LogP contribution < -0.4 is 5.32 Å². The van der Waals surface area contributed by atoms with Crippen molar-refractivity contribution >= 4 is 5.91 Å². The molecule has 1 fully saturated rings. The summed E-state index contributed by atoms with van der Waals surface area (Å²) in [6.07, 6.45) is 5.61.